The van der Waals surface area contributed by atoms with Crippen LogP contribution in [0.1, 0.15) is 31.0 Å². The van der Waals surface area contributed by atoms with E-state index in [-0.39, 0.29) is 30.0 Å². The molecule has 2 rings (SSSR count). The molecule has 2 aromatic rings. The summed E-state index contributed by atoms with van der Waals surface area (Å²) >= 11 is 0. The molecular weight excluding hydrogens is 453 g/mol. The highest BCUT2D eigenvalue weighted by molar-refractivity contribution is 14.0. The van der Waals surface area contributed by atoms with Gasteiger partial charge in [-0.25, -0.2) is 0 Å². The first-order valence-corrected chi connectivity index (χ1v) is 8.98. The van der Waals surface area contributed by atoms with Crippen molar-refractivity contribution in [1.29, 1.82) is 0 Å². The van der Waals surface area contributed by atoms with Crippen LogP contribution in [-0.4, -0.2) is 33.3 Å². The Balaban J connectivity index is 0.00000364. The molecule has 1 atom stereocenters. The standard InChI is InChI=1S/C21H29N3O2.HI/c1-5-22-21(24-16(2)18-9-7-6-8-10-18)23-14-13-17-11-12-19(25-3)20(15-17)26-4;/h6-12,15-16H,5,13-14H2,1-4H3,(H2,22,23,24);1H. The number of rotatable bonds is 8. The third-order valence-corrected chi connectivity index (χ3v) is 4.12. The number of hydrogen-bond donors (Lipinski definition) is 2. The molecule has 0 spiro atoms. The first-order chi connectivity index (χ1) is 12.7. The van der Waals surface area contributed by atoms with Crippen molar-refractivity contribution in [2.24, 2.45) is 4.99 Å². The van der Waals surface area contributed by atoms with E-state index in [1.54, 1.807) is 14.2 Å². The molecule has 0 aliphatic carbocycles. The van der Waals surface area contributed by atoms with Crippen molar-refractivity contribution < 1.29 is 9.47 Å². The summed E-state index contributed by atoms with van der Waals surface area (Å²) in [6, 6.07) is 16.5. The number of nitrogens with one attached hydrogen (secondary N) is 2. The van der Waals surface area contributed by atoms with Crippen LogP contribution in [0.4, 0.5) is 0 Å². The molecule has 0 saturated carbocycles. The zero-order chi connectivity index (χ0) is 18.8. The number of methoxy groups -OCH3 is 2. The Bertz CT molecular complexity index is 708. The van der Waals surface area contributed by atoms with Gasteiger partial charge in [0.1, 0.15) is 0 Å². The minimum Gasteiger partial charge on any atom is -0.493 e. The van der Waals surface area contributed by atoms with Crippen LogP contribution >= 0.6 is 24.0 Å². The van der Waals surface area contributed by atoms with E-state index in [4.69, 9.17) is 14.5 Å². The number of nitrogens with zero attached hydrogens (tertiary/aromatic N) is 1. The Labute approximate surface area is 179 Å². The van der Waals surface area contributed by atoms with Gasteiger partial charge < -0.3 is 20.1 Å². The molecule has 0 aliphatic rings. The molecule has 0 bridgehead atoms. The maximum absolute atomic E-state index is 5.36. The van der Waals surface area contributed by atoms with Crippen molar-refractivity contribution >= 4 is 29.9 Å². The number of benzene rings is 2. The predicted molar refractivity (Wildman–Crippen MR) is 123 cm³/mol. The van der Waals surface area contributed by atoms with Crippen molar-refractivity contribution in [2.45, 2.75) is 26.3 Å². The normalized spacial score (nSPS) is 11.9. The van der Waals surface area contributed by atoms with Crippen LogP contribution in [0.5, 0.6) is 11.5 Å². The van der Waals surface area contributed by atoms with Gasteiger partial charge in [-0.1, -0.05) is 36.4 Å². The van der Waals surface area contributed by atoms with Gasteiger partial charge in [-0.15, -0.1) is 24.0 Å². The summed E-state index contributed by atoms with van der Waals surface area (Å²) in [4.78, 5) is 4.69. The second-order valence-corrected chi connectivity index (χ2v) is 5.98. The van der Waals surface area contributed by atoms with Crippen molar-refractivity contribution in [3.05, 3.63) is 59.7 Å². The zero-order valence-corrected chi connectivity index (χ0v) is 18.8. The second-order valence-electron chi connectivity index (χ2n) is 5.98. The summed E-state index contributed by atoms with van der Waals surface area (Å²) in [5.74, 6) is 2.31. The van der Waals surface area contributed by atoms with E-state index in [2.05, 4.69) is 48.7 Å². The average Bonchev–Trinajstić information content (AvgIpc) is 2.68. The van der Waals surface area contributed by atoms with Gasteiger partial charge in [0.15, 0.2) is 17.5 Å². The molecule has 0 aliphatic heterocycles. The lowest BCUT2D eigenvalue weighted by Crippen LogP contribution is -2.38. The molecule has 5 nitrogen and oxygen atoms in total. The van der Waals surface area contributed by atoms with E-state index in [1.165, 1.54) is 11.1 Å². The van der Waals surface area contributed by atoms with Crippen molar-refractivity contribution in [1.82, 2.24) is 10.6 Å². The summed E-state index contributed by atoms with van der Waals surface area (Å²) < 4.78 is 10.6. The SMILES string of the molecule is CCNC(=NCCc1ccc(OC)c(OC)c1)NC(C)c1ccccc1.I. The van der Waals surface area contributed by atoms with E-state index < -0.39 is 0 Å². The molecule has 2 N–H and O–H groups in total. The zero-order valence-electron chi connectivity index (χ0n) is 16.5. The van der Waals surface area contributed by atoms with Gasteiger partial charge in [-0.3, -0.25) is 4.99 Å². The van der Waals surface area contributed by atoms with E-state index >= 15 is 0 Å². The molecule has 27 heavy (non-hydrogen) atoms. The molecule has 0 radical (unpaired) electrons. The topological polar surface area (TPSA) is 54.9 Å². The highest BCUT2D eigenvalue weighted by Crippen LogP contribution is 2.27. The van der Waals surface area contributed by atoms with Crippen molar-refractivity contribution in [3.8, 4) is 11.5 Å². The summed E-state index contributed by atoms with van der Waals surface area (Å²) in [5.41, 5.74) is 2.40. The summed E-state index contributed by atoms with van der Waals surface area (Å²) in [5, 5.41) is 6.76. The molecule has 0 saturated heterocycles. The molecule has 0 heterocycles. The van der Waals surface area contributed by atoms with Gasteiger partial charge in [0, 0.05) is 13.1 Å². The Morgan fingerprint density at radius 1 is 1.04 bits per heavy atom. The van der Waals surface area contributed by atoms with E-state index in [0.717, 1.165) is 30.4 Å². The van der Waals surface area contributed by atoms with Gasteiger partial charge >= 0.3 is 0 Å². The third kappa shape index (κ3) is 7.28. The lowest BCUT2D eigenvalue weighted by atomic mass is 10.1. The summed E-state index contributed by atoms with van der Waals surface area (Å²) in [6.07, 6.45) is 0.830. The van der Waals surface area contributed by atoms with Crippen LogP contribution in [0.3, 0.4) is 0 Å². The average molecular weight is 483 g/mol. The maximum Gasteiger partial charge on any atom is 0.191 e. The van der Waals surface area contributed by atoms with Gasteiger partial charge in [-0.2, -0.15) is 0 Å². The first kappa shape index (κ1) is 23.1. The van der Waals surface area contributed by atoms with Crippen LogP contribution in [0.15, 0.2) is 53.5 Å². The molecule has 0 amide bonds. The summed E-state index contributed by atoms with van der Waals surface area (Å²) in [7, 11) is 3.29. The quantitative estimate of drug-likeness (QED) is 0.336. The van der Waals surface area contributed by atoms with Gasteiger partial charge in [0.2, 0.25) is 0 Å². The number of ether oxygens (including phenoxy) is 2. The highest BCUT2D eigenvalue weighted by atomic mass is 127. The molecule has 6 heteroatoms. The molecular formula is C21H30IN3O2. The third-order valence-electron chi connectivity index (χ3n) is 4.12. The molecule has 148 valence electrons. The number of hydrogen-bond acceptors (Lipinski definition) is 3. The molecule has 0 aromatic heterocycles. The van der Waals surface area contributed by atoms with E-state index in [9.17, 15) is 0 Å². The lowest BCUT2D eigenvalue weighted by molar-refractivity contribution is 0.354. The minimum absolute atomic E-state index is 0. The Morgan fingerprint density at radius 3 is 2.37 bits per heavy atom. The van der Waals surface area contributed by atoms with Crippen LogP contribution in [0, 0.1) is 0 Å². The van der Waals surface area contributed by atoms with Crippen LogP contribution in [0.2, 0.25) is 0 Å². The number of halogens is 1. The van der Waals surface area contributed by atoms with Crippen molar-refractivity contribution in [3.63, 3.8) is 0 Å². The van der Waals surface area contributed by atoms with Gasteiger partial charge in [-0.05, 0) is 43.5 Å². The van der Waals surface area contributed by atoms with E-state index in [0.29, 0.717) is 6.54 Å². The monoisotopic (exact) mass is 483 g/mol. The smallest absolute Gasteiger partial charge is 0.191 e. The second kappa shape index (κ2) is 12.4. The highest BCUT2D eigenvalue weighted by Gasteiger charge is 2.07. The lowest BCUT2D eigenvalue weighted by Gasteiger charge is -2.18. The number of aliphatic imine (C=N–C) groups is 1. The fourth-order valence-corrected chi connectivity index (χ4v) is 2.68. The Hall–Kier alpha value is -1.96. The van der Waals surface area contributed by atoms with Crippen LogP contribution in [0.25, 0.3) is 0 Å². The maximum atomic E-state index is 5.36. The fourth-order valence-electron chi connectivity index (χ4n) is 2.68. The Morgan fingerprint density at radius 2 is 1.74 bits per heavy atom. The molecule has 1 unspecified atom stereocenters. The Kier molecular flexibility index (Phi) is 10.6. The van der Waals surface area contributed by atoms with E-state index in [1.807, 2.05) is 24.3 Å². The molecule has 2 aromatic carbocycles. The van der Waals surface area contributed by atoms with Crippen LogP contribution in [-0.2, 0) is 6.42 Å². The molecule has 0 fully saturated rings. The predicted octanol–water partition coefficient (Wildman–Crippen LogP) is 4.18. The first-order valence-electron chi connectivity index (χ1n) is 8.98. The van der Waals surface area contributed by atoms with Gasteiger partial charge in [0.05, 0.1) is 20.3 Å². The fraction of sp³-hybridized carbons (Fsp3) is 0.381. The van der Waals surface area contributed by atoms with Crippen LogP contribution < -0.4 is 20.1 Å². The summed E-state index contributed by atoms with van der Waals surface area (Å²) in [6.45, 7) is 5.71. The largest absolute Gasteiger partial charge is 0.493 e. The number of guanidine groups is 1. The van der Waals surface area contributed by atoms with Crippen molar-refractivity contribution in [2.75, 3.05) is 27.3 Å². The minimum atomic E-state index is 0. The van der Waals surface area contributed by atoms with Gasteiger partial charge in [0.25, 0.3) is 0 Å².